The molecule has 0 bridgehead atoms. The molecule has 0 aliphatic carbocycles. The highest BCUT2D eigenvalue weighted by atomic mass is 32.2. The standard InChI is InChI=1S/C6H15NO7S/c8-2-4-13-7(14-5-3-9)1-6-15(10,11)12/h8-9H,1-6H2,(H,10,11,12). The van der Waals surface area contributed by atoms with Crippen molar-refractivity contribution in [2.45, 2.75) is 0 Å². The van der Waals surface area contributed by atoms with Gasteiger partial charge in [0.1, 0.15) is 0 Å². The fourth-order valence-corrected chi connectivity index (χ4v) is 1.02. The Kier molecular flexibility index (Phi) is 7.78. The third kappa shape index (κ3) is 10.0. The van der Waals surface area contributed by atoms with Crippen molar-refractivity contribution in [3.05, 3.63) is 0 Å². The molecule has 0 saturated heterocycles. The van der Waals surface area contributed by atoms with E-state index in [4.69, 9.17) is 24.4 Å². The molecule has 0 aliphatic heterocycles. The monoisotopic (exact) mass is 245 g/mol. The van der Waals surface area contributed by atoms with Crippen molar-refractivity contribution in [3.63, 3.8) is 0 Å². The summed E-state index contributed by atoms with van der Waals surface area (Å²) in [6.07, 6.45) is 0. The lowest BCUT2D eigenvalue weighted by Gasteiger charge is -2.19. The van der Waals surface area contributed by atoms with Crippen LogP contribution in [0.3, 0.4) is 0 Å². The maximum Gasteiger partial charge on any atom is 0.266 e. The van der Waals surface area contributed by atoms with Crippen molar-refractivity contribution in [2.75, 3.05) is 38.7 Å². The molecule has 0 saturated carbocycles. The van der Waals surface area contributed by atoms with E-state index in [0.29, 0.717) is 0 Å². The van der Waals surface area contributed by atoms with E-state index < -0.39 is 15.9 Å². The average molecular weight is 245 g/mol. The summed E-state index contributed by atoms with van der Waals surface area (Å²) in [7, 11) is -4.10. The zero-order valence-electron chi connectivity index (χ0n) is 8.07. The second-order valence-electron chi connectivity index (χ2n) is 2.46. The topological polar surface area (TPSA) is 117 Å². The lowest BCUT2D eigenvalue weighted by molar-refractivity contribution is -0.368. The first kappa shape index (κ1) is 14.7. The molecule has 0 rings (SSSR count). The fraction of sp³-hybridized carbons (Fsp3) is 1.00. The van der Waals surface area contributed by atoms with Gasteiger partial charge in [0, 0.05) is 0 Å². The van der Waals surface area contributed by atoms with E-state index in [-0.39, 0.29) is 33.0 Å². The highest BCUT2D eigenvalue weighted by molar-refractivity contribution is 7.85. The second kappa shape index (κ2) is 7.93. The van der Waals surface area contributed by atoms with Crippen LogP contribution in [0.4, 0.5) is 0 Å². The first-order chi connectivity index (χ1) is 6.99. The van der Waals surface area contributed by atoms with Crippen molar-refractivity contribution < 1.29 is 32.9 Å². The summed E-state index contributed by atoms with van der Waals surface area (Å²) in [5.41, 5.74) is 0. The lowest BCUT2D eigenvalue weighted by Crippen LogP contribution is -2.31. The quantitative estimate of drug-likeness (QED) is 0.316. The van der Waals surface area contributed by atoms with Crippen LogP contribution >= 0.6 is 0 Å². The number of nitrogens with zero attached hydrogens (tertiary/aromatic N) is 1. The van der Waals surface area contributed by atoms with Gasteiger partial charge in [0.15, 0.2) is 0 Å². The van der Waals surface area contributed by atoms with Gasteiger partial charge in [-0.3, -0.25) is 14.2 Å². The Labute approximate surface area is 87.7 Å². The van der Waals surface area contributed by atoms with E-state index in [0.717, 1.165) is 5.23 Å². The third-order valence-electron chi connectivity index (χ3n) is 1.18. The summed E-state index contributed by atoms with van der Waals surface area (Å²) < 4.78 is 29.3. The van der Waals surface area contributed by atoms with E-state index in [9.17, 15) is 8.42 Å². The van der Waals surface area contributed by atoms with Crippen molar-refractivity contribution in [3.8, 4) is 0 Å². The molecular weight excluding hydrogens is 230 g/mol. The summed E-state index contributed by atoms with van der Waals surface area (Å²) in [6, 6.07) is 0. The molecule has 0 aromatic carbocycles. The minimum absolute atomic E-state index is 0.0725. The number of hydrogen-bond donors (Lipinski definition) is 3. The normalized spacial score (nSPS) is 12.3. The Morgan fingerprint density at radius 1 is 1.07 bits per heavy atom. The summed E-state index contributed by atoms with van der Waals surface area (Å²) in [5.74, 6) is -0.566. The minimum Gasteiger partial charge on any atom is -0.394 e. The minimum atomic E-state index is -4.10. The van der Waals surface area contributed by atoms with Gasteiger partial charge in [-0.2, -0.15) is 8.42 Å². The molecule has 15 heavy (non-hydrogen) atoms. The van der Waals surface area contributed by atoms with Crippen LogP contribution in [0.2, 0.25) is 0 Å². The van der Waals surface area contributed by atoms with Gasteiger partial charge in [0.25, 0.3) is 10.1 Å². The SMILES string of the molecule is O=S(=O)(O)CCN(OCCO)OCCO. The zero-order chi connectivity index (χ0) is 11.7. The summed E-state index contributed by atoms with van der Waals surface area (Å²) in [6.45, 7) is -0.887. The lowest BCUT2D eigenvalue weighted by atomic mass is 10.8. The molecule has 0 aliphatic rings. The van der Waals surface area contributed by atoms with Gasteiger partial charge in [-0.1, -0.05) is 5.23 Å². The summed E-state index contributed by atoms with van der Waals surface area (Å²) in [4.78, 5) is 9.53. The maximum absolute atomic E-state index is 10.4. The molecule has 0 aromatic rings. The molecule has 0 atom stereocenters. The Hall–Kier alpha value is -0.290. The van der Waals surface area contributed by atoms with Crippen LogP contribution in [0.25, 0.3) is 0 Å². The fourth-order valence-electron chi connectivity index (χ4n) is 0.642. The van der Waals surface area contributed by atoms with E-state index in [1.807, 2.05) is 0 Å². The van der Waals surface area contributed by atoms with Crippen molar-refractivity contribution >= 4 is 10.1 Å². The largest absolute Gasteiger partial charge is 0.394 e. The van der Waals surface area contributed by atoms with Gasteiger partial charge in [0.2, 0.25) is 0 Å². The maximum atomic E-state index is 10.4. The number of aliphatic hydroxyl groups excluding tert-OH is 2. The molecule has 0 radical (unpaired) electrons. The number of hydrogen-bond acceptors (Lipinski definition) is 7. The van der Waals surface area contributed by atoms with Gasteiger partial charge >= 0.3 is 0 Å². The predicted molar refractivity (Wildman–Crippen MR) is 49.2 cm³/mol. The molecule has 0 fully saturated rings. The third-order valence-corrected chi connectivity index (χ3v) is 1.88. The van der Waals surface area contributed by atoms with Crippen LogP contribution in [0.1, 0.15) is 0 Å². The van der Waals surface area contributed by atoms with Crippen molar-refractivity contribution in [2.24, 2.45) is 0 Å². The molecule has 92 valence electrons. The van der Waals surface area contributed by atoms with Gasteiger partial charge in [0.05, 0.1) is 38.7 Å². The van der Waals surface area contributed by atoms with E-state index in [1.54, 1.807) is 0 Å². The number of aliphatic hydroxyl groups is 2. The number of rotatable bonds is 9. The van der Waals surface area contributed by atoms with Crippen LogP contribution in [0, 0.1) is 0 Å². The Morgan fingerprint density at radius 3 is 1.87 bits per heavy atom. The Balaban J connectivity index is 3.89. The first-order valence-electron chi connectivity index (χ1n) is 4.20. The van der Waals surface area contributed by atoms with Crippen LogP contribution in [-0.2, 0) is 19.8 Å². The van der Waals surface area contributed by atoms with Crippen molar-refractivity contribution in [1.82, 2.24) is 5.23 Å². The van der Waals surface area contributed by atoms with Crippen LogP contribution in [0.5, 0.6) is 0 Å². The highest BCUT2D eigenvalue weighted by Crippen LogP contribution is 1.94. The van der Waals surface area contributed by atoms with E-state index >= 15 is 0 Å². The van der Waals surface area contributed by atoms with Gasteiger partial charge < -0.3 is 10.2 Å². The van der Waals surface area contributed by atoms with Gasteiger partial charge in [-0.25, -0.2) is 0 Å². The van der Waals surface area contributed by atoms with Gasteiger partial charge in [-0.15, -0.1) is 0 Å². The first-order valence-corrected chi connectivity index (χ1v) is 5.80. The van der Waals surface area contributed by atoms with Crippen LogP contribution in [-0.4, -0.2) is 67.1 Å². The van der Waals surface area contributed by atoms with Crippen LogP contribution < -0.4 is 0 Å². The molecule has 0 aromatic heterocycles. The molecule has 0 heterocycles. The Bertz CT molecular complexity index is 234. The van der Waals surface area contributed by atoms with Crippen molar-refractivity contribution in [1.29, 1.82) is 0 Å². The molecule has 9 heteroatoms. The molecule has 0 amide bonds. The van der Waals surface area contributed by atoms with E-state index in [1.165, 1.54) is 0 Å². The number of hydroxylamine groups is 2. The smallest absolute Gasteiger partial charge is 0.266 e. The summed E-state index contributed by atoms with van der Waals surface area (Å²) >= 11 is 0. The molecule has 0 spiro atoms. The average Bonchev–Trinajstić information content (AvgIpc) is 2.15. The van der Waals surface area contributed by atoms with Gasteiger partial charge in [-0.05, 0) is 0 Å². The highest BCUT2D eigenvalue weighted by Gasteiger charge is 2.11. The second-order valence-corrected chi connectivity index (χ2v) is 4.03. The molecule has 3 N–H and O–H groups in total. The van der Waals surface area contributed by atoms with E-state index in [2.05, 4.69) is 0 Å². The zero-order valence-corrected chi connectivity index (χ0v) is 8.89. The summed E-state index contributed by atoms with van der Waals surface area (Å²) in [5, 5.41) is 17.7. The van der Waals surface area contributed by atoms with Crippen LogP contribution in [0.15, 0.2) is 0 Å². The molecule has 8 nitrogen and oxygen atoms in total. The predicted octanol–water partition coefficient (Wildman–Crippen LogP) is -1.98. The molecule has 0 unspecified atom stereocenters. The molecular formula is C6H15NO7S. The Morgan fingerprint density at radius 2 is 1.53 bits per heavy atom.